The molecule has 0 saturated carbocycles. The van der Waals surface area contributed by atoms with Gasteiger partial charge < -0.3 is 38.5 Å². The summed E-state index contributed by atoms with van der Waals surface area (Å²) >= 11 is 0. The van der Waals surface area contributed by atoms with Crippen LogP contribution in [0.1, 0.15) is 22.3 Å². The van der Waals surface area contributed by atoms with Gasteiger partial charge in [-0.1, -0.05) is 121 Å². The molecule has 1 saturated heterocycles. The third-order valence-electron chi connectivity index (χ3n) is 7.78. The first-order valence-electron chi connectivity index (χ1n) is 16.0. The SMILES string of the molecule is COC(=O)/C=C(\N[C@H]1[C@H](OCc2ccccc2)O[C@H](OCc2ccccc2)[C@@H](OCc2ccccc2)[C@@H]1OCc1ccccc1)C(=O)OC. The molecule has 0 aliphatic carbocycles. The van der Waals surface area contributed by atoms with Crippen LogP contribution in [-0.2, 0) is 69.2 Å². The molecule has 1 heterocycles. The predicted molar refractivity (Wildman–Crippen MR) is 180 cm³/mol. The van der Waals surface area contributed by atoms with E-state index in [1.807, 2.05) is 121 Å². The fourth-order valence-electron chi connectivity index (χ4n) is 5.27. The van der Waals surface area contributed by atoms with Crippen LogP contribution in [0.4, 0.5) is 0 Å². The zero-order valence-electron chi connectivity index (χ0n) is 27.5. The molecule has 256 valence electrons. The van der Waals surface area contributed by atoms with Crippen LogP contribution < -0.4 is 5.32 Å². The summed E-state index contributed by atoms with van der Waals surface area (Å²) in [6.07, 6.45) is -2.67. The molecule has 10 nitrogen and oxygen atoms in total. The van der Waals surface area contributed by atoms with E-state index in [2.05, 4.69) is 5.32 Å². The Morgan fingerprint density at radius 3 is 1.41 bits per heavy atom. The Morgan fingerprint density at radius 1 is 0.571 bits per heavy atom. The molecule has 1 N–H and O–H groups in total. The Hall–Kier alpha value is -4.84. The van der Waals surface area contributed by atoms with Crippen LogP contribution >= 0.6 is 0 Å². The van der Waals surface area contributed by atoms with E-state index in [-0.39, 0.29) is 32.1 Å². The molecule has 0 unspecified atom stereocenters. The minimum absolute atomic E-state index is 0.171. The Bertz CT molecular complexity index is 1600. The van der Waals surface area contributed by atoms with Gasteiger partial charge in [-0.3, -0.25) is 0 Å². The molecule has 10 heteroatoms. The van der Waals surface area contributed by atoms with Gasteiger partial charge in [0, 0.05) is 0 Å². The summed E-state index contributed by atoms with van der Waals surface area (Å²) in [7, 11) is 2.44. The van der Waals surface area contributed by atoms with Gasteiger partial charge in [0.1, 0.15) is 23.9 Å². The Labute approximate surface area is 286 Å². The van der Waals surface area contributed by atoms with E-state index in [1.165, 1.54) is 14.2 Å². The molecular formula is C39H41NO9. The highest BCUT2D eigenvalue weighted by molar-refractivity contribution is 5.95. The van der Waals surface area contributed by atoms with Crippen molar-refractivity contribution in [1.82, 2.24) is 5.32 Å². The van der Waals surface area contributed by atoms with Crippen LogP contribution in [0.3, 0.4) is 0 Å². The number of ether oxygens (including phenoxy) is 7. The molecule has 4 aromatic carbocycles. The van der Waals surface area contributed by atoms with Gasteiger partial charge in [0.05, 0.1) is 46.7 Å². The van der Waals surface area contributed by atoms with E-state index in [0.717, 1.165) is 28.3 Å². The molecule has 0 aromatic heterocycles. The van der Waals surface area contributed by atoms with E-state index in [4.69, 9.17) is 33.2 Å². The number of carbonyl (C=O) groups excluding carboxylic acids is 2. The van der Waals surface area contributed by atoms with Crippen molar-refractivity contribution in [2.75, 3.05) is 14.2 Å². The minimum Gasteiger partial charge on any atom is -0.466 e. The van der Waals surface area contributed by atoms with Crippen molar-refractivity contribution in [1.29, 1.82) is 0 Å². The predicted octanol–water partition coefficient (Wildman–Crippen LogP) is 5.46. The average molecular weight is 668 g/mol. The maximum Gasteiger partial charge on any atom is 0.354 e. The maximum absolute atomic E-state index is 13.0. The Morgan fingerprint density at radius 2 is 0.980 bits per heavy atom. The fourth-order valence-corrected chi connectivity index (χ4v) is 5.27. The molecule has 1 aliphatic rings. The second-order valence-electron chi connectivity index (χ2n) is 11.2. The molecule has 0 amide bonds. The summed E-state index contributed by atoms with van der Waals surface area (Å²) < 4.78 is 42.5. The first-order chi connectivity index (χ1) is 24.0. The molecular weight excluding hydrogens is 626 g/mol. The number of hydrogen-bond acceptors (Lipinski definition) is 10. The van der Waals surface area contributed by atoms with Gasteiger partial charge >= 0.3 is 11.9 Å². The minimum atomic E-state index is -1.05. The number of benzene rings is 4. The molecule has 1 fully saturated rings. The normalized spacial score (nSPS) is 20.7. The Balaban J connectivity index is 1.54. The first-order valence-corrected chi connectivity index (χ1v) is 16.0. The first kappa shape index (κ1) is 35.5. The quantitative estimate of drug-likeness (QED) is 0.122. The second kappa shape index (κ2) is 18.6. The zero-order valence-corrected chi connectivity index (χ0v) is 27.5. The monoisotopic (exact) mass is 667 g/mol. The molecule has 49 heavy (non-hydrogen) atoms. The van der Waals surface area contributed by atoms with Crippen molar-refractivity contribution < 1.29 is 42.7 Å². The number of esters is 2. The highest BCUT2D eigenvalue weighted by atomic mass is 16.8. The summed E-state index contributed by atoms with van der Waals surface area (Å²) in [5.41, 5.74) is 3.50. The highest BCUT2D eigenvalue weighted by Gasteiger charge is 2.49. The van der Waals surface area contributed by atoms with Crippen molar-refractivity contribution in [3.05, 3.63) is 155 Å². The van der Waals surface area contributed by atoms with Crippen molar-refractivity contribution >= 4 is 11.9 Å². The summed E-state index contributed by atoms with van der Waals surface area (Å²) in [4.78, 5) is 25.4. The van der Waals surface area contributed by atoms with Gasteiger partial charge in [0.25, 0.3) is 0 Å². The summed E-state index contributed by atoms with van der Waals surface area (Å²) in [6.45, 7) is 0.806. The van der Waals surface area contributed by atoms with Crippen molar-refractivity contribution in [2.24, 2.45) is 0 Å². The average Bonchev–Trinajstić information content (AvgIpc) is 3.16. The number of carbonyl (C=O) groups is 2. The highest BCUT2D eigenvalue weighted by Crippen LogP contribution is 2.31. The summed E-state index contributed by atoms with van der Waals surface area (Å²) in [6, 6.07) is 37.8. The molecule has 4 aromatic rings. The van der Waals surface area contributed by atoms with Crippen LogP contribution in [-0.4, -0.2) is 57.0 Å². The number of methoxy groups -OCH3 is 2. The zero-order chi connectivity index (χ0) is 34.3. The maximum atomic E-state index is 13.0. The van der Waals surface area contributed by atoms with Crippen LogP contribution in [0.15, 0.2) is 133 Å². The van der Waals surface area contributed by atoms with Crippen LogP contribution in [0, 0.1) is 0 Å². The topological polar surface area (TPSA) is 111 Å². The van der Waals surface area contributed by atoms with E-state index in [0.29, 0.717) is 0 Å². The van der Waals surface area contributed by atoms with E-state index in [9.17, 15) is 9.59 Å². The van der Waals surface area contributed by atoms with Gasteiger partial charge in [0.2, 0.25) is 0 Å². The van der Waals surface area contributed by atoms with E-state index in [1.54, 1.807) is 0 Å². The molecule has 1 aliphatic heterocycles. The van der Waals surface area contributed by atoms with Crippen LogP contribution in [0.5, 0.6) is 0 Å². The lowest BCUT2D eigenvalue weighted by Gasteiger charge is -2.46. The van der Waals surface area contributed by atoms with Crippen LogP contribution in [0.2, 0.25) is 0 Å². The van der Waals surface area contributed by atoms with Gasteiger partial charge in [-0.15, -0.1) is 0 Å². The standard InChI is InChI=1S/C39H41NO9/c1-43-33(41)23-32(37(42)44-2)40-34-35(45-24-28-15-7-3-8-16-28)36(46-25-29-17-9-4-10-18-29)39(48-27-31-21-13-6-14-22-31)49-38(34)47-26-30-19-11-5-12-20-30/h3-23,34-36,38-40H,24-27H2,1-2H3/b32-23-/t34-,35-,36+,38-,39+/m1/s1. The molecule has 0 radical (unpaired) electrons. The van der Waals surface area contributed by atoms with Crippen molar-refractivity contribution in [2.45, 2.75) is 57.3 Å². The molecule has 0 spiro atoms. The lowest BCUT2D eigenvalue weighted by Crippen LogP contribution is -2.65. The molecule has 5 rings (SSSR count). The Kier molecular flexibility index (Phi) is 13.5. The molecule has 0 bridgehead atoms. The van der Waals surface area contributed by atoms with E-state index < -0.39 is 42.8 Å². The molecule has 5 atom stereocenters. The van der Waals surface area contributed by atoms with E-state index >= 15 is 0 Å². The van der Waals surface area contributed by atoms with Gasteiger partial charge in [-0.05, 0) is 22.3 Å². The smallest absolute Gasteiger partial charge is 0.354 e. The van der Waals surface area contributed by atoms with Gasteiger partial charge in [-0.2, -0.15) is 0 Å². The second-order valence-corrected chi connectivity index (χ2v) is 11.2. The summed E-state index contributed by atoms with van der Waals surface area (Å²) in [5, 5.41) is 3.14. The van der Waals surface area contributed by atoms with Crippen molar-refractivity contribution in [3.8, 4) is 0 Å². The lowest BCUT2D eigenvalue weighted by atomic mass is 9.99. The third kappa shape index (κ3) is 10.6. The number of rotatable bonds is 16. The lowest BCUT2D eigenvalue weighted by molar-refractivity contribution is -0.345. The van der Waals surface area contributed by atoms with Gasteiger partial charge in [0.15, 0.2) is 12.6 Å². The van der Waals surface area contributed by atoms with Gasteiger partial charge in [-0.25, -0.2) is 9.59 Å². The third-order valence-corrected chi connectivity index (χ3v) is 7.78. The van der Waals surface area contributed by atoms with Crippen LogP contribution in [0.25, 0.3) is 0 Å². The summed E-state index contributed by atoms with van der Waals surface area (Å²) in [5.74, 6) is -1.55. The largest absolute Gasteiger partial charge is 0.466 e. The van der Waals surface area contributed by atoms with Crippen molar-refractivity contribution in [3.63, 3.8) is 0 Å². The number of nitrogens with one attached hydrogen (secondary N) is 1. The number of hydrogen-bond donors (Lipinski definition) is 1. The fraction of sp³-hybridized carbons (Fsp3) is 0.282.